The number of ether oxygens (including phenoxy) is 2. The molecule has 3 aliphatic carbocycles. The largest absolute Gasteiger partial charge is 0.483 e. The van der Waals surface area contributed by atoms with Crippen molar-refractivity contribution in [1.29, 1.82) is 0 Å². The molecular weight excluding hydrogens is 446 g/mol. The first-order valence-corrected chi connectivity index (χ1v) is 13.6. The van der Waals surface area contributed by atoms with Crippen LogP contribution < -0.4 is 9.47 Å². The minimum Gasteiger partial charge on any atom is -0.483 e. The van der Waals surface area contributed by atoms with Gasteiger partial charge in [0, 0.05) is 12.1 Å². The zero-order valence-corrected chi connectivity index (χ0v) is 21.2. The summed E-state index contributed by atoms with van der Waals surface area (Å²) in [5.41, 5.74) is 0. The van der Waals surface area contributed by atoms with Gasteiger partial charge in [0.25, 0.3) is 0 Å². The van der Waals surface area contributed by atoms with Crippen molar-refractivity contribution in [1.82, 2.24) is 0 Å². The van der Waals surface area contributed by atoms with Crippen LogP contribution in [0, 0.1) is 47.1 Å². The maximum Gasteiger partial charge on any atom is 0.314 e. The molecule has 0 aromatic heterocycles. The molecule has 1 aromatic rings. The van der Waals surface area contributed by atoms with Gasteiger partial charge in [0.1, 0.15) is 12.4 Å². The SMILES string of the molecule is C/C=C/COc1c(F)cc(OC(=O)C2CCC(C3CCC4CC(/C=C/C)CCC4C3)CC2)cc1F. The molecule has 0 aliphatic heterocycles. The smallest absolute Gasteiger partial charge is 0.314 e. The van der Waals surface area contributed by atoms with Gasteiger partial charge in [-0.05, 0) is 108 Å². The van der Waals surface area contributed by atoms with E-state index in [1.54, 1.807) is 19.1 Å². The average Bonchev–Trinajstić information content (AvgIpc) is 2.86. The molecule has 3 saturated carbocycles. The number of allylic oxidation sites excluding steroid dienone is 3. The van der Waals surface area contributed by atoms with Gasteiger partial charge in [-0.1, -0.05) is 24.3 Å². The van der Waals surface area contributed by atoms with Gasteiger partial charge in [-0.15, -0.1) is 0 Å². The highest BCUT2D eigenvalue weighted by molar-refractivity contribution is 5.75. The normalized spacial score (nSPS) is 31.4. The Morgan fingerprint density at radius 2 is 1.46 bits per heavy atom. The first-order chi connectivity index (χ1) is 17.0. The molecule has 0 radical (unpaired) electrons. The molecule has 4 unspecified atom stereocenters. The molecule has 192 valence electrons. The summed E-state index contributed by atoms with van der Waals surface area (Å²) in [6.07, 6.45) is 19.8. The molecule has 0 heterocycles. The standard InChI is InChI=1S/C30H40F2O3/c1-3-5-15-34-29-27(31)18-26(19-28(29)32)35-30(33)22-11-9-21(10-12-22)24-14-13-23-16-20(6-4-2)7-8-25(23)17-24/h3-6,18-25H,7-17H2,1-2H3/b5-3+,6-4+. The lowest BCUT2D eigenvalue weighted by atomic mass is 9.61. The first-order valence-electron chi connectivity index (χ1n) is 13.6. The number of hydrogen-bond acceptors (Lipinski definition) is 3. The van der Waals surface area contributed by atoms with Gasteiger partial charge in [-0.25, -0.2) is 8.78 Å². The third-order valence-corrected chi connectivity index (χ3v) is 8.68. The number of benzene rings is 1. The van der Waals surface area contributed by atoms with Crippen LogP contribution in [0.4, 0.5) is 8.78 Å². The number of carbonyl (C=O) groups excluding carboxylic acids is 1. The molecule has 3 nitrogen and oxygen atoms in total. The highest BCUT2D eigenvalue weighted by Crippen LogP contribution is 2.49. The first kappa shape index (κ1) is 25.9. The van der Waals surface area contributed by atoms with Gasteiger partial charge in [-0.3, -0.25) is 4.79 Å². The van der Waals surface area contributed by atoms with Crippen molar-refractivity contribution >= 4 is 5.97 Å². The highest BCUT2D eigenvalue weighted by Gasteiger charge is 2.39. The summed E-state index contributed by atoms with van der Waals surface area (Å²) in [7, 11) is 0. The van der Waals surface area contributed by atoms with Gasteiger partial charge in [-0.2, -0.15) is 0 Å². The van der Waals surface area contributed by atoms with Crippen molar-refractivity contribution < 1.29 is 23.0 Å². The van der Waals surface area contributed by atoms with Crippen LogP contribution in [-0.4, -0.2) is 12.6 Å². The Morgan fingerprint density at radius 3 is 2.11 bits per heavy atom. The second kappa shape index (κ2) is 12.2. The lowest BCUT2D eigenvalue weighted by molar-refractivity contribution is -0.140. The number of fused-ring (bicyclic) bond motifs is 1. The minimum absolute atomic E-state index is 0.0752. The van der Waals surface area contributed by atoms with E-state index in [0.29, 0.717) is 5.92 Å². The molecule has 0 spiro atoms. The Hall–Kier alpha value is -2.17. The Balaban J connectivity index is 1.25. The Morgan fingerprint density at radius 1 is 0.857 bits per heavy atom. The second-order valence-corrected chi connectivity index (χ2v) is 10.8. The van der Waals surface area contributed by atoms with Crippen molar-refractivity contribution in [2.45, 2.75) is 78.1 Å². The van der Waals surface area contributed by atoms with Crippen molar-refractivity contribution in [2.75, 3.05) is 6.61 Å². The molecule has 5 heteroatoms. The second-order valence-electron chi connectivity index (χ2n) is 10.8. The summed E-state index contributed by atoms with van der Waals surface area (Å²) in [4.78, 5) is 12.7. The number of esters is 1. The van der Waals surface area contributed by atoms with E-state index >= 15 is 0 Å². The Kier molecular flexibility index (Phi) is 9.02. The van der Waals surface area contributed by atoms with E-state index < -0.39 is 17.4 Å². The molecule has 0 N–H and O–H groups in total. The molecule has 4 atom stereocenters. The summed E-state index contributed by atoms with van der Waals surface area (Å²) >= 11 is 0. The van der Waals surface area contributed by atoms with Crippen LogP contribution in [0.25, 0.3) is 0 Å². The fourth-order valence-corrected chi connectivity index (χ4v) is 6.82. The van der Waals surface area contributed by atoms with Crippen LogP contribution in [-0.2, 0) is 4.79 Å². The minimum atomic E-state index is -0.864. The van der Waals surface area contributed by atoms with Crippen molar-refractivity contribution in [3.63, 3.8) is 0 Å². The van der Waals surface area contributed by atoms with E-state index in [0.717, 1.165) is 61.5 Å². The van der Waals surface area contributed by atoms with Crippen molar-refractivity contribution in [3.8, 4) is 11.5 Å². The van der Waals surface area contributed by atoms with E-state index in [1.165, 1.54) is 38.5 Å². The quantitative estimate of drug-likeness (QED) is 0.222. The summed E-state index contributed by atoms with van der Waals surface area (Å²) in [6, 6.07) is 2.06. The van der Waals surface area contributed by atoms with E-state index in [4.69, 9.17) is 9.47 Å². The maximum atomic E-state index is 14.3. The van der Waals surface area contributed by atoms with Gasteiger partial charge < -0.3 is 9.47 Å². The Labute approximate surface area is 209 Å². The lowest BCUT2D eigenvalue weighted by Crippen LogP contribution is -2.35. The predicted molar refractivity (Wildman–Crippen MR) is 134 cm³/mol. The maximum absolute atomic E-state index is 14.3. The van der Waals surface area contributed by atoms with Crippen LogP contribution in [0.5, 0.6) is 11.5 Å². The van der Waals surface area contributed by atoms with Crippen LogP contribution in [0.3, 0.4) is 0 Å². The summed E-state index contributed by atoms with van der Waals surface area (Å²) in [6.45, 7) is 4.00. The van der Waals surface area contributed by atoms with Crippen LogP contribution in [0.15, 0.2) is 36.4 Å². The fourth-order valence-electron chi connectivity index (χ4n) is 6.82. The molecule has 35 heavy (non-hydrogen) atoms. The van der Waals surface area contributed by atoms with Crippen LogP contribution in [0.2, 0.25) is 0 Å². The van der Waals surface area contributed by atoms with Crippen molar-refractivity contribution in [3.05, 3.63) is 48.1 Å². The molecule has 4 rings (SSSR count). The van der Waals surface area contributed by atoms with Gasteiger partial charge in [0.2, 0.25) is 0 Å². The van der Waals surface area contributed by atoms with Crippen molar-refractivity contribution in [2.24, 2.45) is 35.5 Å². The van der Waals surface area contributed by atoms with E-state index in [-0.39, 0.29) is 24.2 Å². The number of rotatable bonds is 7. The summed E-state index contributed by atoms with van der Waals surface area (Å²) in [5.74, 6) is 1.18. The topological polar surface area (TPSA) is 35.5 Å². The van der Waals surface area contributed by atoms with Gasteiger partial charge in [0.05, 0.1) is 5.92 Å². The number of halogens is 2. The number of hydrogen-bond donors (Lipinski definition) is 0. The molecule has 3 aliphatic rings. The number of carbonyl (C=O) groups is 1. The molecule has 0 amide bonds. The summed E-state index contributed by atoms with van der Waals surface area (Å²) < 4.78 is 39.1. The molecule has 3 fully saturated rings. The van der Waals surface area contributed by atoms with E-state index in [9.17, 15) is 13.6 Å². The predicted octanol–water partition coefficient (Wildman–Crippen LogP) is 8.04. The zero-order chi connectivity index (χ0) is 24.8. The zero-order valence-electron chi connectivity index (χ0n) is 21.2. The molecule has 0 bridgehead atoms. The third-order valence-electron chi connectivity index (χ3n) is 8.68. The summed E-state index contributed by atoms with van der Waals surface area (Å²) in [5, 5.41) is 0. The van der Waals surface area contributed by atoms with E-state index in [1.807, 2.05) is 0 Å². The monoisotopic (exact) mass is 486 g/mol. The van der Waals surface area contributed by atoms with Crippen LogP contribution in [0.1, 0.15) is 78.1 Å². The third kappa shape index (κ3) is 6.54. The molecular formula is C30H40F2O3. The molecule has 0 saturated heterocycles. The molecule has 1 aromatic carbocycles. The van der Waals surface area contributed by atoms with Gasteiger partial charge >= 0.3 is 5.97 Å². The fraction of sp³-hybridized carbons (Fsp3) is 0.633. The highest BCUT2D eigenvalue weighted by atomic mass is 19.1. The van der Waals surface area contributed by atoms with Gasteiger partial charge in [0.15, 0.2) is 17.4 Å². The Bertz CT molecular complexity index is 893. The van der Waals surface area contributed by atoms with E-state index in [2.05, 4.69) is 19.1 Å². The lowest BCUT2D eigenvalue weighted by Gasteiger charge is -2.45. The van der Waals surface area contributed by atoms with Crippen LogP contribution >= 0.6 is 0 Å². The average molecular weight is 487 g/mol.